The molecule has 1 aromatic rings. The van der Waals surface area contributed by atoms with Gasteiger partial charge in [-0.05, 0) is 51.1 Å². The molecule has 3 nitrogen and oxygen atoms in total. The number of hydrogen-bond donors (Lipinski definition) is 1. The van der Waals surface area contributed by atoms with E-state index in [1.807, 2.05) is 38.2 Å². The lowest BCUT2D eigenvalue weighted by Gasteiger charge is -2.22. The van der Waals surface area contributed by atoms with Gasteiger partial charge in [-0.25, -0.2) is 0 Å². The number of likely N-dealkylation sites (N-methyl/N-ethyl adjacent to an activating group) is 1. The van der Waals surface area contributed by atoms with E-state index in [4.69, 9.17) is 11.6 Å². The Morgan fingerprint density at radius 2 is 2.11 bits per heavy atom. The van der Waals surface area contributed by atoms with E-state index in [-0.39, 0.29) is 18.0 Å². The Morgan fingerprint density at radius 3 is 2.67 bits per heavy atom. The summed E-state index contributed by atoms with van der Waals surface area (Å²) < 4.78 is 0. The standard InChI is InChI=1S/C14H19ClN2O/c1-10(11-5-7-12(15)8-6-11)16-14(18)13-4-3-9-17(13)2/h5-8,10,13H,3-4,9H2,1-2H3,(H,16,18). The number of benzene rings is 1. The first-order valence-electron chi connectivity index (χ1n) is 6.34. The molecule has 1 aliphatic heterocycles. The number of rotatable bonds is 3. The van der Waals surface area contributed by atoms with Gasteiger partial charge in [0.25, 0.3) is 0 Å². The minimum atomic E-state index is 0.0174. The van der Waals surface area contributed by atoms with E-state index >= 15 is 0 Å². The van der Waals surface area contributed by atoms with Crippen molar-refractivity contribution in [1.82, 2.24) is 10.2 Å². The smallest absolute Gasteiger partial charge is 0.237 e. The third-order valence-corrected chi connectivity index (χ3v) is 3.80. The molecule has 0 bridgehead atoms. The van der Waals surface area contributed by atoms with Gasteiger partial charge >= 0.3 is 0 Å². The zero-order valence-electron chi connectivity index (χ0n) is 10.8. The van der Waals surface area contributed by atoms with E-state index in [2.05, 4.69) is 10.2 Å². The molecule has 0 aromatic heterocycles. The Bertz CT molecular complexity index is 418. The van der Waals surface area contributed by atoms with Crippen LogP contribution in [0.3, 0.4) is 0 Å². The summed E-state index contributed by atoms with van der Waals surface area (Å²) in [5.74, 6) is 0.123. The maximum atomic E-state index is 12.1. The first-order chi connectivity index (χ1) is 8.58. The van der Waals surface area contributed by atoms with E-state index in [0.717, 1.165) is 24.9 Å². The quantitative estimate of drug-likeness (QED) is 0.912. The average molecular weight is 267 g/mol. The minimum absolute atomic E-state index is 0.0174. The predicted octanol–water partition coefficient (Wildman–Crippen LogP) is 2.61. The minimum Gasteiger partial charge on any atom is -0.348 e. The molecular weight excluding hydrogens is 248 g/mol. The highest BCUT2D eigenvalue weighted by atomic mass is 35.5. The number of nitrogens with one attached hydrogen (secondary N) is 1. The first-order valence-corrected chi connectivity index (χ1v) is 6.72. The van der Waals surface area contributed by atoms with Crippen molar-refractivity contribution in [2.75, 3.05) is 13.6 Å². The zero-order valence-corrected chi connectivity index (χ0v) is 11.6. The Hall–Kier alpha value is -1.06. The summed E-state index contributed by atoms with van der Waals surface area (Å²) in [6.45, 7) is 3.00. The number of hydrogen-bond acceptors (Lipinski definition) is 2. The molecule has 1 aliphatic rings. The van der Waals surface area contributed by atoms with Crippen LogP contribution in [0.4, 0.5) is 0 Å². The van der Waals surface area contributed by atoms with Gasteiger partial charge < -0.3 is 5.32 Å². The van der Waals surface area contributed by atoms with Gasteiger partial charge in [-0.2, -0.15) is 0 Å². The topological polar surface area (TPSA) is 32.3 Å². The van der Waals surface area contributed by atoms with Crippen LogP contribution in [0.25, 0.3) is 0 Å². The fourth-order valence-electron chi connectivity index (χ4n) is 2.39. The van der Waals surface area contributed by atoms with E-state index in [9.17, 15) is 4.79 Å². The lowest BCUT2D eigenvalue weighted by molar-refractivity contribution is -0.125. The SMILES string of the molecule is CC(NC(=O)C1CCCN1C)c1ccc(Cl)cc1. The van der Waals surface area contributed by atoms with Gasteiger partial charge in [-0.15, -0.1) is 0 Å². The van der Waals surface area contributed by atoms with Crippen LogP contribution in [0.1, 0.15) is 31.4 Å². The Balaban J connectivity index is 1.96. The Kier molecular flexibility index (Phi) is 4.25. The molecule has 1 amide bonds. The maximum absolute atomic E-state index is 12.1. The number of nitrogens with zero attached hydrogens (tertiary/aromatic N) is 1. The largest absolute Gasteiger partial charge is 0.348 e. The van der Waals surface area contributed by atoms with Crippen molar-refractivity contribution in [3.05, 3.63) is 34.9 Å². The van der Waals surface area contributed by atoms with Crippen LogP contribution in [0.2, 0.25) is 5.02 Å². The fourth-order valence-corrected chi connectivity index (χ4v) is 2.51. The Labute approximate surface area is 113 Å². The van der Waals surface area contributed by atoms with Crippen LogP contribution in [0.15, 0.2) is 24.3 Å². The number of carbonyl (C=O) groups is 1. The van der Waals surface area contributed by atoms with E-state index in [1.54, 1.807) is 0 Å². The second kappa shape index (κ2) is 5.72. The van der Waals surface area contributed by atoms with Crippen LogP contribution in [-0.4, -0.2) is 30.4 Å². The van der Waals surface area contributed by atoms with Gasteiger partial charge in [-0.1, -0.05) is 23.7 Å². The molecule has 1 N–H and O–H groups in total. The van der Waals surface area contributed by atoms with Crippen LogP contribution in [0.5, 0.6) is 0 Å². The summed E-state index contributed by atoms with van der Waals surface area (Å²) in [7, 11) is 2.00. The van der Waals surface area contributed by atoms with Gasteiger partial charge in [0.1, 0.15) is 0 Å². The van der Waals surface area contributed by atoms with Crippen LogP contribution in [0, 0.1) is 0 Å². The van der Waals surface area contributed by atoms with E-state index in [0.29, 0.717) is 5.02 Å². The van der Waals surface area contributed by atoms with Crippen molar-refractivity contribution >= 4 is 17.5 Å². The van der Waals surface area contributed by atoms with Crippen molar-refractivity contribution in [3.8, 4) is 0 Å². The molecule has 0 spiro atoms. The van der Waals surface area contributed by atoms with Gasteiger partial charge in [0.05, 0.1) is 12.1 Å². The Morgan fingerprint density at radius 1 is 1.44 bits per heavy atom. The molecule has 2 atom stereocenters. The van der Waals surface area contributed by atoms with Crippen molar-refractivity contribution < 1.29 is 4.79 Å². The molecule has 2 rings (SSSR count). The first kappa shape index (κ1) is 13.4. The number of amides is 1. The molecule has 1 fully saturated rings. The molecule has 4 heteroatoms. The van der Waals surface area contributed by atoms with Crippen LogP contribution < -0.4 is 5.32 Å². The molecule has 0 saturated carbocycles. The second-order valence-electron chi connectivity index (χ2n) is 4.92. The molecule has 98 valence electrons. The highest BCUT2D eigenvalue weighted by Crippen LogP contribution is 2.19. The van der Waals surface area contributed by atoms with Crippen LogP contribution >= 0.6 is 11.6 Å². The lowest BCUT2D eigenvalue weighted by atomic mass is 10.1. The van der Waals surface area contributed by atoms with Crippen molar-refractivity contribution in [2.45, 2.75) is 31.8 Å². The van der Waals surface area contributed by atoms with Gasteiger partial charge in [0.15, 0.2) is 0 Å². The second-order valence-corrected chi connectivity index (χ2v) is 5.36. The lowest BCUT2D eigenvalue weighted by Crippen LogP contribution is -2.42. The van der Waals surface area contributed by atoms with E-state index in [1.165, 1.54) is 0 Å². The normalized spacial score (nSPS) is 21.8. The molecule has 0 aliphatic carbocycles. The number of likely N-dealkylation sites (tertiary alicyclic amines) is 1. The highest BCUT2D eigenvalue weighted by molar-refractivity contribution is 6.30. The summed E-state index contributed by atoms with van der Waals surface area (Å²) >= 11 is 5.85. The predicted molar refractivity (Wildman–Crippen MR) is 73.7 cm³/mol. The van der Waals surface area contributed by atoms with E-state index < -0.39 is 0 Å². The highest BCUT2D eigenvalue weighted by Gasteiger charge is 2.28. The summed E-state index contributed by atoms with van der Waals surface area (Å²) in [6.07, 6.45) is 2.06. The average Bonchev–Trinajstić information content (AvgIpc) is 2.76. The molecular formula is C14H19ClN2O. The van der Waals surface area contributed by atoms with Gasteiger partial charge in [0.2, 0.25) is 5.91 Å². The molecule has 1 heterocycles. The third-order valence-electron chi connectivity index (χ3n) is 3.55. The fraction of sp³-hybridized carbons (Fsp3) is 0.500. The molecule has 18 heavy (non-hydrogen) atoms. The van der Waals surface area contributed by atoms with Crippen molar-refractivity contribution in [1.29, 1.82) is 0 Å². The van der Waals surface area contributed by atoms with Gasteiger partial charge in [-0.3, -0.25) is 9.69 Å². The molecule has 2 unspecified atom stereocenters. The number of halogens is 1. The molecule has 0 radical (unpaired) electrons. The van der Waals surface area contributed by atoms with Crippen molar-refractivity contribution in [3.63, 3.8) is 0 Å². The zero-order chi connectivity index (χ0) is 13.1. The maximum Gasteiger partial charge on any atom is 0.237 e. The summed E-state index contributed by atoms with van der Waals surface area (Å²) in [6, 6.07) is 7.64. The van der Waals surface area contributed by atoms with Crippen LogP contribution in [-0.2, 0) is 4.79 Å². The summed E-state index contributed by atoms with van der Waals surface area (Å²) in [5, 5.41) is 3.78. The molecule has 1 aromatic carbocycles. The summed E-state index contributed by atoms with van der Waals surface area (Å²) in [5.41, 5.74) is 1.08. The third kappa shape index (κ3) is 3.03. The van der Waals surface area contributed by atoms with Crippen molar-refractivity contribution in [2.24, 2.45) is 0 Å². The summed E-state index contributed by atoms with van der Waals surface area (Å²) in [4.78, 5) is 14.2. The number of carbonyl (C=O) groups excluding carboxylic acids is 1. The molecule has 1 saturated heterocycles. The monoisotopic (exact) mass is 266 g/mol. The van der Waals surface area contributed by atoms with Gasteiger partial charge in [0, 0.05) is 5.02 Å².